The van der Waals surface area contributed by atoms with Crippen molar-refractivity contribution in [2.75, 3.05) is 53.0 Å². The maximum absolute atomic E-state index is 12.5. The monoisotopic (exact) mass is 514 g/mol. The van der Waals surface area contributed by atoms with E-state index in [0.29, 0.717) is 12.5 Å². The number of morpholine rings is 1. The van der Waals surface area contributed by atoms with Crippen molar-refractivity contribution in [1.29, 1.82) is 0 Å². The van der Waals surface area contributed by atoms with E-state index < -0.39 is 6.61 Å². The van der Waals surface area contributed by atoms with Crippen LogP contribution in [-0.2, 0) is 11.3 Å². The molecule has 1 saturated heterocycles. The summed E-state index contributed by atoms with van der Waals surface area (Å²) in [6.07, 6.45) is 0. The summed E-state index contributed by atoms with van der Waals surface area (Å²) in [5, 5.41) is 6.47. The number of ether oxygens (including phenoxy) is 3. The molecule has 0 amide bonds. The summed E-state index contributed by atoms with van der Waals surface area (Å²) in [5.41, 5.74) is 0.747. The molecular weight excluding hydrogens is 485 g/mol. The molecule has 2 N–H and O–H groups in total. The molecule has 0 aromatic heterocycles. The third-order valence-electron chi connectivity index (χ3n) is 4.03. The Hall–Kier alpha value is -1.40. The minimum Gasteiger partial charge on any atom is -0.493 e. The van der Waals surface area contributed by atoms with Gasteiger partial charge in [0.1, 0.15) is 0 Å². The standard InChI is InChI=1S/C18H28F2N4O3.HI/c1-3-21-18(22-6-7-24-8-10-26-11-9-24)23-13-14-4-5-15(25-2)16(12-14)27-17(19)20;/h4-5,12,17H,3,6-11,13H2,1-2H3,(H2,21,22,23);1H. The van der Waals surface area contributed by atoms with E-state index in [0.717, 1.165) is 51.5 Å². The van der Waals surface area contributed by atoms with Crippen molar-refractivity contribution in [3.63, 3.8) is 0 Å². The lowest BCUT2D eigenvalue weighted by Gasteiger charge is -2.26. The molecule has 1 aliphatic rings. The topological polar surface area (TPSA) is 67.4 Å². The smallest absolute Gasteiger partial charge is 0.387 e. The van der Waals surface area contributed by atoms with Crippen molar-refractivity contribution in [2.24, 2.45) is 4.99 Å². The van der Waals surface area contributed by atoms with Gasteiger partial charge in [0.25, 0.3) is 0 Å². The number of aliphatic imine (C=N–C) groups is 1. The number of guanidine groups is 1. The molecular formula is C18H29F2IN4O3. The molecule has 1 heterocycles. The maximum Gasteiger partial charge on any atom is 0.387 e. The third kappa shape index (κ3) is 8.74. The van der Waals surface area contributed by atoms with Gasteiger partial charge in [-0.25, -0.2) is 4.99 Å². The average molecular weight is 514 g/mol. The zero-order chi connectivity index (χ0) is 19.5. The van der Waals surface area contributed by atoms with E-state index in [1.807, 2.05) is 6.92 Å². The molecule has 0 spiro atoms. The lowest BCUT2D eigenvalue weighted by molar-refractivity contribution is -0.0512. The normalized spacial score (nSPS) is 15.1. The Bertz CT molecular complexity index is 602. The number of methoxy groups -OCH3 is 1. The number of rotatable bonds is 9. The molecule has 0 saturated carbocycles. The van der Waals surface area contributed by atoms with Gasteiger partial charge in [-0.3, -0.25) is 4.90 Å². The maximum atomic E-state index is 12.5. The molecule has 28 heavy (non-hydrogen) atoms. The van der Waals surface area contributed by atoms with Gasteiger partial charge in [0.15, 0.2) is 17.5 Å². The Kier molecular flexibility index (Phi) is 12.1. The SMILES string of the molecule is CCNC(=NCc1ccc(OC)c(OC(F)F)c1)NCCN1CCOCC1.I. The second-order valence-corrected chi connectivity index (χ2v) is 5.94. The molecule has 2 rings (SSSR count). The summed E-state index contributed by atoms with van der Waals surface area (Å²) in [5.74, 6) is 0.946. The Morgan fingerprint density at radius 2 is 2.00 bits per heavy atom. The minimum atomic E-state index is -2.91. The van der Waals surface area contributed by atoms with E-state index in [1.165, 1.54) is 13.2 Å². The first-order valence-corrected chi connectivity index (χ1v) is 9.06. The van der Waals surface area contributed by atoms with E-state index in [9.17, 15) is 8.78 Å². The molecule has 0 atom stereocenters. The third-order valence-corrected chi connectivity index (χ3v) is 4.03. The van der Waals surface area contributed by atoms with Crippen LogP contribution in [0.4, 0.5) is 8.78 Å². The van der Waals surface area contributed by atoms with Crippen LogP contribution in [0, 0.1) is 0 Å². The number of nitrogens with zero attached hydrogens (tertiary/aromatic N) is 2. The zero-order valence-electron chi connectivity index (χ0n) is 16.2. The van der Waals surface area contributed by atoms with E-state index >= 15 is 0 Å². The predicted molar refractivity (Wildman–Crippen MR) is 115 cm³/mol. The first kappa shape index (κ1) is 24.6. The first-order chi connectivity index (χ1) is 13.1. The highest BCUT2D eigenvalue weighted by Gasteiger charge is 2.12. The van der Waals surface area contributed by atoms with Crippen LogP contribution >= 0.6 is 24.0 Å². The van der Waals surface area contributed by atoms with Gasteiger partial charge in [-0.05, 0) is 24.6 Å². The van der Waals surface area contributed by atoms with Gasteiger partial charge in [-0.15, -0.1) is 24.0 Å². The van der Waals surface area contributed by atoms with Crippen LogP contribution in [0.5, 0.6) is 11.5 Å². The van der Waals surface area contributed by atoms with Gasteiger partial charge in [0.2, 0.25) is 0 Å². The Labute approximate surface area is 181 Å². The molecule has 1 aliphatic heterocycles. The minimum absolute atomic E-state index is 0. The van der Waals surface area contributed by atoms with Crippen LogP contribution in [0.25, 0.3) is 0 Å². The second-order valence-electron chi connectivity index (χ2n) is 5.94. The van der Waals surface area contributed by atoms with Crippen molar-refractivity contribution in [1.82, 2.24) is 15.5 Å². The summed E-state index contributed by atoms with van der Waals surface area (Å²) < 4.78 is 40.0. The van der Waals surface area contributed by atoms with E-state index in [-0.39, 0.29) is 35.5 Å². The molecule has 160 valence electrons. The summed E-state index contributed by atoms with van der Waals surface area (Å²) in [6, 6.07) is 4.89. The molecule has 0 bridgehead atoms. The highest BCUT2D eigenvalue weighted by atomic mass is 127. The van der Waals surface area contributed by atoms with Gasteiger partial charge in [-0.2, -0.15) is 8.78 Å². The quantitative estimate of drug-likeness (QED) is 0.300. The van der Waals surface area contributed by atoms with Crippen molar-refractivity contribution in [2.45, 2.75) is 20.1 Å². The number of alkyl halides is 2. The first-order valence-electron chi connectivity index (χ1n) is 9.06. The fourth-order valence-corrected chi connectivity index (χ4v) is 2.68. The van der Waals surface area contributed by atoms with Gasteiger partial charge < -0.3 is 24.8 Å². The largest absolute Gasteiger partial charge is 0.493 e. The van der Waals surface area contributed by atoms with E-state index in [1.54, 1.807) is 12.1 Å². The Morgan fingerprint density at radius 1 is 1.25 bits per heavy atom. The van der Waals surface area contributed by atoms with Gasteiger partial charge >= 0.3 is 6.61 Å². The number of hydrogen-bond donors (Lipinski definition) is 2. The molecule has 0 aliphatic carbocycles. The molecule has 0 unspecified atom stereocenters. The van der Waals surface area contributed by atoms with Crippen LogP contribution in [0.15, 0.2) is 23.2 Å². The highest BCUT2D eigenvalue weighted by molar-refractivity contribution is 14.0. The fourth-order valence-electron chi connectivity index (χ4n) is 2.68. The second kappa shape index (κ2) is 13.7. The van der Waals surface area contributed by atoms with Crippen molar-refractivity contribution in [3.8, 4) is 11.5 Å². The van der Waals surface area contributed by atoms with Crippen molar-refractivity contribution >= 4 is 29.9 Å². The van der Waals surface area contributed by atoms with Gasteiger partial charge in [0, 0.05) is 32.7 Å². The average Bonchev–Trinajstić information content (AvgIpc) is 2.66. The number of benzene rings is 1. The molecule has 0 radical (unpaired) electrons. The van der Waals surface area contributed by atoms with Crippen molar-refractivity contribution in [3.05, 3.63) is 23.8 Å². The van der Waals surface area contributed by atoms with Crippen LogP contribution in [0.2, 0.25) is 0 Å². The summed E-state index contributed by atoms with van der Waals surface area (Å²) in [7, 11) is 1.41. The van der Waals surface area contributed by atoms with Crippen LogP contribution < -0.4 is 20.1 Å². The van der Waals surface area contributed by atoms with Gasteiger partial charge in [-0.1, -0.05) is 6.07 Å². The predicted octanol–water partition coefficient (Wildman–Crippen LogP) is 2.30. The Balaban J connectivity index is 0.00000392. The summed E-state index contributed by atoms with van der Waals surface area (Å²) >= 11 is 0. The Morgan fingerprint density at radius 3 is 2.64 bits per heavy atom. The van der Waals surface area contributed by atoms with Gasteiger partial charge in [0.05, 0.1) is 26.9 Å². The molecule has 1 aromatic carbocycles. The number of hydrogen-bond acceptors (Lipinski definition) is 5. The van der Waals surface area contributed by atoms with Crippen LogP contribution in [0.3, 0.4) is 0 Å². The zero-order valence-corrected chi connectivity index (χ0v) is 18.6. The highest BCUT2D eigenvalue weighted by Crippen LogP contribution is 2.29. The number of nitrogens with one attached hydrogen (secondary N) is 2. The molecule has 1 aromatic rings. The summed E-state index contributed by atoms with van der Waals surface area (Å²) in [4.78, 5) is 6.84. The molecule has 7 nitrogen and oxygen atoms in total. The van der Waals surface area contributed by atoms with Crippen molar-refractivity contribution < 1.29 is 23.0 Å². The van der Waals surface area contributed by atoms with Crippen LogP contribution in [-0.4, -0.2) is 70.5 Å². The van der Waals surface area contributed by atoms with E-state index in [4.69, 9.17) is 9.47 Å². The fraction of sp³-hybridized carbons (Fsp3) is 0.611. The number of halogens is 3. The van der Waals surface area contributed by atoms with E-state index in [2.05, 4.69) is 25.3 Å². The summed E-state index contributed by atoms with van der Waals surface area (Å²) in [6.45, 7) is 5.23. The lowest BCUT2D eigenvalue weighted by Crippen LogP contribution is -2.44. The molecule has 1 fully saturated rings. The molecule has 10 heteroatoms. The van der Waals surface area contributed by atoms with Crippen LogP contribution in [0.1, 0.15) is 12.5 Å². The lowest BCUT2D eigenvalue weighted by atomic mass is 10.2.